The highest BCUT2D eigenvalue weighted by atomic mass is 32.2. The minimum Gasteiger partial charge on any atom is -0.324 e. The third-order valence-electron chi connectivity index (χ3n) is 2.48. The summed E-state index contributed by atoms with van der Waals surface area (Å²) < 4.78 is 0. The number of hydrogen-bond acceptors (Lipinski definition) is 2. The van der Waals surface area contributed by atoms with Gasteiger partial charge in [-0.05, 0) is 28.9 Å². The Balaban J connectivity index is 2.80. The van der Waals surface area contributed by atoms with Crippen LogP contribution in [0.5, 0.6) is 0 Å². The molecule has 0 spiro atoms. The molecule has 2 heteroatoms. The molecule has 0 amide bonds. The van der Waals surface area contributed by atoms with Crippen LogP contribution in [-0.2, 0) is 0 Å². The van der Waals surface area contributed by atoms with Gasteiger partial charge in [0, 0.05) is 10.9 Å². The maximum Gasteiger partial charge on any atom is 0.0344 e. The predicted octanol–water partition coefficient (Wildman–Crippen LogP) is 3.84. The summed E-state index contributed by atoms with van der Waals surface area (Å²) in [6.45, 7) is 8.69. The molecule has 0 fully saturated rings. The van der Waals surface area contributed by atoms with E-state index in [4.69, 9.17) is 5.73 Å². The minimum atomic E-state index is 0.109. The van der Waals surface area contributed by atoms with Gasteiger partial charge in [-0.25, -0.2) is 0 Å². The molecule has 0 bridgehead atoms. The van der Waals surface area contributed by atoms with E-state index in [0.717, 1.165) is 5.75 Å². The van der Waals surface area contributed by atoms with E-state index in [0.29, 0.717) is 0 Å². The molecule has 1 unspecified atom stereocenters. The maximum absolute atomic E-state index is 6.19. The van der Waals surface area contributed by atoms with Gasteiger partial charge in [0.1, 0.15) is 0 Å². The van der Waals surface area contributed by atoms with E-state index in [1.54, 1.807) is 0 Å². The fraction of sp³-hybridized carbons (Fsp3) is 0.538. The summed E-state index contributed by atoms with van der Waals surface area (Å²) in [5.74, 6) is 1.12. The van der Waals surface area contributed by atoms with Crippen molar-refractivity contribution in [2.24, 2.45) is 11.1 Å². The molecule has 0 saturated heterocycles. The summed E-state index contributed by atoms with van der Waals surface area (Å²) >= 11 is 1.86. The zero-order valence-corrected chi connectivity index (χ0v) is 10.9. The van der Waals surface area contributed by atoms with Crippen molar-refractivity contribution in [2.75, 3.05) is 5.75 Å². The van der Waals surface area contributed by atoms with Gasteiger partial charge in [-0.2, -0.15) is 0 Å². The standard InChI is InChI=1S/C13H21NS/c1-5-15-11-8-6-10(7-9-11)12(14)13(2,3)4/h6-9,12H,5,14H2,1-4H3. The summed E-state index contributed by atoms with van der Waals surface area (Å²) in [6, 6.07) is 8.73. The second-order valence-corrected chi connectivity index (χ2v) is 6.18. The number of benzene rings is 1. The number of nitrogens with two attached hydrogens (primary N) is 1. The Labute approximate surface area is 97.4 Å². The largest absolute Gasteiger partial charge is 0.324 e. The lowest BCUT2D eigenvalue weighted by molar-refractivity contribution is 0.327. The van der Waals surface area contributed by atoms with Crippen molar-refractivity contribution in [1.29, 1.82) is 0 Å². The zero-order chi connectivity index (χ0) is 11.5. The van der Waals surface area contributed by atoms with Gasteiger partial charge in [-0.15, -0.1) is 11.8 Å². The lowest BCUT2D eigenvalue weighted by atomic mass is 9.83. The van der Waals surface area contributed by atoms with Crippen molar-refractivity contribution in [2.45, 2.75) is 38.6 Å². The maximum atomic E-state index is 6.19. The zero-order valence-electron chi connectivity index (χ0n) is 10.1. The van der Waals surface area contributed by atoms with E-state index in [1.807, 2.05) is 11.8 Å². The van der Waals surface area contributed by atoms with Crippen LogP contribution < -0.4 is 5.73 Å². The van der Waals surface area contributed by atoms with Gasteiger partial charge in [0.05, 0.1) is 0 Å². The molecule has 1 nitrogen and oxygen atoms in total. The Bertz CT molecular complexity index is 297. The van der Waals surface area contributed by atoms with E-state index in [1.165, 1.54) is 10.5 Å². The summed E-state index contributed by atoms with van der Waals surface area (Å²) in [6.07, 6.45) is 0. The summed E-state index contributed by atoms with van der Waals surface area (Å²) in [5, 5.41) is 0. The minimum absolute atomic E-state index is 0.109. The molecule has 1 aromatic rings. The van der Waals surface area contributed by atoms with Gasteiger partial charge in [0.25, 0.3) is 0 Å². The first-order chi connectivity index (χ1) is 6.95. The smallest absolute Gasteiger partial charge is 0.0344 e. The molecule has 1 rings (SSSR count). The number of rotatable bonds is 3. The Morgan fingerprint density at radius 3 is 2.13 bits per heavy atom. The van der Waals surface area contributed by atoms with E-state index in [-0.39, 0.29) is 11.5 Å². The molecule has 0 aliphatic rings. The second kappa shape index (κ2) is 5.04. The highest BCUT2D eigenvalue weighted by molar-refractivity contribution is 7.99. The van der Waals surface area contributed by atoms with Gasteiger partial charge >= 0.3 is 0 Å². The summed E-state index contributed by atoms with van der Waals surface area (Å²) in [4.78, 5) is 1.32. The fourth-order valence-corrected chi connectivity index (χ4v) is 2.10. The number of hydrogen-bond donors (Lipinski definition) is 1. The third-order valence-corrected chi connectivity index (χ3v) is 3.38. The molecule has 1 aromatic carbocycles. The average molecular weight is 223 g/mol. The van der Waals surface area contributed by atoms with Crippen molar-refractivity contribution >= 4 is 11.8 Å². The molecule has 0 saturated carbocycles. The van der Waals surface area contributed by atoms with E-state index in [9.17, 15) is 0 Å². The van der Waals surface area contributed by atoms with Crippen LogP contribution in [0.4, 0.5) is 0 Å². The SMILES string of the molecule is CCSc1ccc(C(N)C(C)(C)C)cc1. The van der Waals surface area contributed by atoms with Crippen LogP contribution in [0.3, 0.4) is 0 Å². The fourth-order valence-electron chi connectivity index (χ4n) is 1.44. The van der Waals surface area contributed by atoms with E-state index >= 15 is 0 Å². The van der Waals surface area contributed by atoms with Crippen LogP contribution in [0.2, 0.25) is 0 Å². The van der Waals surface area contributed by atoms with Crippen molar-refractivity contribution in [3.8, 4) is 0 Å². The van der Waals surface area contributed by atoms with Crippen LogP contribution in [0, 0.1) is 5.41 Å². The highest BCUT2D eigenvalue weighted by Gasteiger charge is 2.21. The molecule has 0 aliphatic carbocycles. The van der Waals surface area contributed by atoms with Gasteiger partial charge in [0.15, 0.2) is 0 Å². The van der Waals surface area contributed by atoms with Gasteiger partial charge < -0.3 is 5.73 Å². The molecule has 84 valence electrons. The summed E-state index contributed by atoms with van der Waals surface area (Å²) in [7, 11) is 0. The molecule has 0 heterocycles. The van der Waals surface area contributed by atoms with Gasteiger partial charge in [-0.1, -0.05) is 39.8 Å². The first-order valence-electron chi connectivity index (χ1n) is 5.43. The molecular weight excluding hydrogens is 202 g/mol. The Morgan fingerprint density at radius 2 is 1.73 bits per heavy atom. The normalized spacial score (nSPS) is 13.9. The molecular formula is C13H21NS. The van der Waals surface area contributed by atoms with Crippen molar-refractivity contribution in [3.63, 3.8) is 0 Å². The Hall–Kier alpha value is -0.470. The Morgan fingerprint density at radius 1 is 1.20 bits per heavy atom. The van der Waals surface area contributed by atoms with Crippen LogP contribution in [0.15, 0.2) is 29.2 Å². The highest BCUT2D eigenvalue weighted by Crippen LogP contribution is 2.31. The Kier molecular flexibility index (Phi) is 4.23. The molecule has 2 N–H and O–H groups in total. The molecule has 1 atom stereocenters. The van der Waals surface area contributed by atoms with E-state index in [2.05, 4.69) is 52.0 Å². The molecule has 15 heavy (non-hydrogen) atoms. The second-order valence-electron chi connectivity index (χ2n) is 4.85. The number of thioether (sulfide) groups is 1. The van der Waals surface area contributed by atoms with Crippen molar-refractivity contribution in [3.05, 3.63) is 29.8 Å². The van der Waals surface area contributed by atoms with Crippen LogP contribution in [-0.4, -0.2) is 5.75 Å². The lowest BCUT2D eigenvalue weighted by Crippen LogP contribution is -2.26. The summed E-state index contributed by atoms with van der Waals surface area (Å²) in [5.41, 5.74) is 7.54. The monoisotopic (exact) mass is 223 g/mol. The average Bonchev–Trinajstić information content (AvgIpc) is 2.17. The third kappa shape index (κ3) is 3.54. The quantitative estimate of drug-likeness (QED) is 0.788. The first kappa shape index (κ1) is 12.6. The predicted molar refractivity (Wildman–Crippen MR) is 69.2 cm³/mol. The molecule has 0 aromatic heterocycles. The van der Waals surface area contributed by atoms with Gasteiger partial charge in [0.2, 0.25) is 0 Å². The van der Waals surface area contributed by atoms with Gasteiger partial charge in [-0.3, -0.25) is 0 Å². The molecule has 0 radical (unpaired) electrons. The van der Waals surface area contributed by atoms with Crippen LogP contribution in [0.1, 0.15) is 39.3 Å². The van der Waals surface area contributed by atoms with Crippen LogP contribution >= 0.6 is 11.8 Å². The first-order valence-corrected chi connectivity index (χ1v) is 6.42. The van der Waals surface area contributed by atoms with E-state index < -0.39 is 0 Å². The van der Waals surface area contributed by atoms with Crippen molar-refractivity contribution < 1.29 is 0 Å². The molecule has 0 aliphatic heterocycles. The van der Waals surface area contributed by atoms with Crippen LogP contribution in [0.25, 0.3) is 0 Å². The van der Waals surface area contributed by atoms with Crippen molar-refractivity contribution in [1.82, 2.24) is 0 Å². The lowest BCUT2D eigenvalue weighted by Gasteiger charge is -2.27. The topological polar surface area (TPSA) is 26.0 Å².